The van der Waals surface area contributed by atoms with Crippen LogP contribution in [0.2, 0.25) is 0 Å². The lowest BCUT2D eigenvalue weighted by atomic mass is 10.1. The highest BCUT2D eigenvalue weighted by Crippen LogP contribution is 2.41. The average molecular weight is 333 g/mol. The van der Waals surface area contributed by atoms with E-state index in [0.29, 0.717) is 5.92 Å². The van der Waals surface area contributed by atoms with Gasteiger partial charge in [0.1, 0.15) is 11.4 Å². The van der Waals surface area contributed by atoms with E-state index in [1.807, 2.05) is 32.9 Å². The van der Waals surface area contributed by atoms with Crippen molar-refractivity contribution >= 4 is 6.09 Å². The van der Waals surface area contributed by atoms with Crippen molar-refractivity contribution in [2.45, 2.75) is 70.3 Å². The summed E-state index contributed by atoms with van der Waals surface area (Å²) < 4.78 is 16.7. The summed E-state index contributed by atoms with van der Waals surface area (Å²) in [4.78, 5) is 11.8. The first-order chi connectivity index (χ1) is 11.4. The second-order valence-corrected chi connectivity index (χ2v) is 7.58. The van der Waals surface area contributed by atoms with Crippen LogP contribution >= 0.6 is 0 Å². The summed E-state index contributed by atoms with van der Waals surface area (Å²) in [6.45, 7) is 6.38. The first kappa shape index (κ1) is 17.1. The molecule has 0 spiro atoms. The molecule has 1 saturated carbocycles. The van der Waals surface area contributed by atoms with Crippen molar-refractivity contribution in [2.24, 2.45) is 0 Å². The van der Waals surface area contributed by atoms with Crippen LogP contribution in [0.25, 0.3) is 0 Å². The molecule has 0 radical (unpaired) electrons. The fourth-order valence-electron chi connectivity index (χ4n) is 2.93. The summed E-state index contributed by atoms with van der Waals surface area (Å²) in [7, 11) is 0. The van der Waals surface area contributed by atoms with E-state index in [9.17, 15) is 4.79 Å². The number of nitrogens with one attached hydrogen (secondary N) is 1. The highest BCUT2D eigenvalue weighted by atomic mass is 16.7. The predicted octanol–water partition coefficient (Wildman–Crippen LogP) is 3.97. The Balaban J connectivity index is 1.47. The smallest absolute Gasteiger partial charge is 0.407 e. The van der Waals surface area contributed by atoms with Crippen LogP contribution in [-0.2, 0) is 9.47 Å². The molecule has 24 heavy (non-hydrogen) atoms. The van der Waals surface area contributed by atoms with E-state index in [1.165, 1.54) is 5.56 Å². The third kappa shape index (κ3) is 4.87. The number of ether oxygens (including phenoxy) is 3. The Morgan fingerprint density at radius 3 is 2.58 bits per heavy atom. The zero-order valence-electron chi connectivity index (χ0n) is 14.7. The molecule has 1 saturated heterocycles. The number of hydrogen-bond acceptors (Lipinski definition) is 4. The van der Waals surface area contributed by atoms with Crippen molar-refractivity contribution in [1.29, 1.82) is 0 Å². The van der Waals surface area contributed by atoms with Gasteiger partial charge >= 0.3 is 6.09 Å². The zero-order valence-corrected chi connectivity index (χ0v) is 14.7. The molecule has 1 heterocycles. The SMILES string of the molecule is CC(C)(C)OC(=O)N[C@H]1C[C@H]1c1ccc(OC2CCCCO2)cc1. The molecule has 1 amide bonds. The fourth-order valence-corrected chi connectivity index (χ4v) is 2.93. The van der Waals surface area contributed by atoms with E-state index in [2.05, 4.69) is 17.4 Å². The molecule has 1 aliphatic carbocycles. The summed E-state index contributed by atoms with van der Waals surface area (Å²) in [5.74, 6) is 1.19. The highest BCUT2D eigenvalue weighted by Gasteiger charge is 2.40. The number of hydrogen-bond donors (Lipinski definition) is 1. The van der Waals surface area contributed by atoms with Crippen molar-refractivity contribution in [1.82, 2.24) is 5.32 Å². The summed E-state index contributed by atoms with van der Waals surface area (Å²) in [6, 6.07) is 8.26. The molecular weight excluding hydrogens is 306 g/mol. The molecule has 1 N–H and O–H groups in total. The molecule has 0 bridgehead atoms. The molecule has 2 fully saturated rings. The van der Waals surface area contributed by atoms with Crippen LogP contribution < -0.4 is 10.1 Å². The highest BCUT2D eigenvalue weighted by molar-refractivity contribution is 5.69. The van der Waals surface area contributed by atoms with Gasteiger partial charge in [0, 0.05) is 18.4 Å². The molecule has 1 aliphatic heterocycles. The third-order valence-electron chi connectivity index (χ3n) is 4.21. The van der Waals surface area contributed by atoms with Crippen LogP contribution in [0.3, 0.4) is 0 Å². The molecule has 132 valence electrons. The molecule has 1 aromatic rings. The minimum atomic E-state index is -0.464. The fraction of sp³-hybridized carbons (Fsp3) is 0.632. The Morgan fingerprint density at radius 1 is 1.21 bits per heavy atom. The summed E-state index contributed by atoms with van der Waals surface area (Å²) in [5.41, 5.74) is 0.752. The standard InChI is InChI=1S/C19H27NO4/c1-19(2,3)24-18(21)20-16-12-15(16)13-7-9-14(10-8-13)23-17-6-4-5-11-22-17/h7-10,15-17H,4-6,11-12H2,1-3H3,(H,20,21)/t15-,16-,17?/m0/s1. The van der Waals surface area contributed by atoms with Crippen molar-refractivity contribution < 1.29 is 19.0 Å². The third-order valence-corrected chi connectivity index (χ3v) is 4.21. The maximum absolute atomic E-state index is 11.8. The van der Waals surface area contributed by atoms with E-state index in [4.69, 9.17) is 14.2 Å². The maximum Gasteiger partial charge on any atom is 0.407 e. The van der Waals surface area contributed by atoms with Gasteiger partial charge in [0.05, 0.1) is 6.61 Å². The van der Waals surface area contributed by atoms with Crippen molar-refractivity contribution in [3.8, 4) is 5.75 Å². The second kappa shape index (κ2) is 7.01. The first-order valence-corrected chi connectivity index (χ1v) is 8.78. The number of carbonyl (C=O) groups is 1. The maximum atomic E-state index is 11.8. The molecule has 1 aromatic carbocycles. The van der Waals surface area contributed by atoms with E-state index < -0.39 is 5.60 Å². The molecule has 0 aromatic heterocycles. The van der Waals surface area contributed by atoms with Gasteiger partial charge in [-0.05, 0) is 57.7 Å². The van der Waals surface area contributed by atoms with Crippen LogP contribution in [0.5, 0.6) is 5.75 Å². The van der Waals surface area contributed by atoms with Gasteiger partial charge in [-0.25, -0.2) is 4.79 Å². The number of benzene rings is 1. The number of carbonyl (C=O) groups excluding carboxylic acids is 1. The lowest BCUT2D eigenvalue weighted by molar-refractivity contribution is -0.105. The van der Waals surface area contributed by atoms with Gasteiger partial charge in [-0.1, -0.05) is 12.1 Å². The molecule has 2 aliphatic rings. The normalized spacial score (nSPS) is 26.5. The average Bonchev–Trinajstić information content (AvgIpc) is 3.26. The topological polar surface area (TPSA) is 56.8 Å². The minimum absolute atomic E-state index is 0.118. The Labute approximate surface area is 143 Å². The van der Waals surface area contributed by atoms with Crippen molar-refractivity contribution in [3.05, 3.63) is 29.8 Å². The van der Waals surface area contributed by atoms with Gasteiger partial charge < -0.3 is 19.5 Å². The van der Waals surface area contributed by atoms with Gasteiger partial charge in [0.15, 0.2) is 6.29 Å². The predicted molar refractivity (Wildman–Crippen MR) is 91.2 cm³/mol. The molecule has 5 nitrogen and oxygen atoms in total. The summed E-state index contributed by atoms with van der Waals surface area (Å²) >= 11 is 0. The van der Waals surface area contributed by atoms with Gasteiger partial charge in [0.2, 0.25) is 0 Å². The lowest BCUT2D eigenvalue weighted by Crippen LogP contribution is -2.34. The van der Waals surface area contributed by atoms with E-state index in [-0.39, 0.29) is 18.4 Å². The quantitative estimate of drug-likeness (QED) is 0.906. The van der Waals surface area contributed by atoms with Gasteiger partial charge in [0.25, 0.3) is 0 Å². The van der Waals surface area contributed by atoms with E-state index >= 15 is 0 Å². The molecular formula is C19H27NO4. The van der Waals surface area contributed by atoms with Crippen LogP contribution in [0, 0.1) is 0 Å². The number of rotatable bonds is 4. The first-order valence-electron chi connectivity index (χ1n) is 8.78. The van der Waals surface area contributed by atoms with Gasteiger partial charge in [-0.15, -0.1) is 0 Å². The molecule has 1 unspecified atom stereocenters. The monoisotopic (exact) mass is 333 g/mol. The Morgan fingerprint density at radius 2 is 1.96 bits per heavy atom. The number of amides is 1. The van der Waals surface area contributed by atoms with Crippen LogP contribution in [0.1, 0.15) is 57.9 Å². The van der Waals surface area contributed by atoms with Crippen LogP contribution in [-0.4, -0.2) is 30.6 Å². The number of alkyl carbamates (subject to hydrolysis) is 1. The Bertz CT molecular complexity index is 558. The largest absolute Gasteiger partial charge is 0.465 e. The van der Waals surface area contributed by atoms with Gasteiger partial charge in [-0.2, -0.15) is 0 Å². The lowest BCUT2D eigenvalue weighted by Gasteiger charge is -2.23. The molecule has 5 heteroatoms. The second-order valence-electron chi connectivity index (χ2n) is 7.58. The van der Waals surface area contributed by atoms with Gasteiger partial charge in [-0.3, -0.25) is 0 Å². The van der Waals surface area contributed by atoms with Crippen LogP contribution in [0.4, 0.5) is 4.79 Å². The van der Waals surface area contributed by atoms with Crippen molar-refractivity contribution in [2.75, 3.05) is 6.61 Å². The Hall–Kier alpha value is -1.75. The summed E-state index contributed by atoms with van der Waals surface area (Å²) in [6.07, 6.45) is 3.71. The van der Waals surface area contributed by atoms with Crippen LogP contribution in [0.15, 0.2) is 24.3 Å². The van der Waals surface area contributed by atoms with E-state index in [1.54, 1.807) is 0 Å². The zero-order chi connectivity index (χ0) is 17.2. The van der Waals surface area contributed by atoms with Crippen molar-refractivity contribution in [3.63, 3.8) is 0 Å². The summed E-state index contributed by atoms with van der Waals surface area (Å²) in [5, 5.41) is 2.93. The molecule has 3 atom stereocenters. The minimum Gasteiger partial charge on any atom is -0.465 e. The van der Waals surface area contributed by atoms with E-state index in [0.717, 1.165) is 38.0 Å². The molecule has 3 rings (SSSR count). The Kier molecular flexibility index (Phi) is 4.99.